The van der Waals surface area contributed by atoms with E-state index in [2.05, 4.69) is 26.3 Å². The highest BCUT2D eigenvalue weighted by atomic mass is 32.2. The van der Waals surface area contributed by atoms with Crippen molar-refractivity contribution in [3.05, 3.63) is 52.0 Å². The van der Waals surface area contributed by atoms with Crippen LogP contribution in [0.5, 0.6) is 0 Å². The summed E-state index contributed by atoms with van der Waals surface area (Å²) < 4.78 is 27.9. The van der Waals surface area contributed by atoms with Gasteiger partial charge in [-0.2, -0.15) is 0 Å². The third-order valence-corrected chi connectivity index (χ3v) is 19.1. The summed E-state index contributed by atoms with van der Waals surface area (Å²) in [5, 5.41) is 30.9. The van der Waals surface area contributed by atoms with Gasteiger partial charge in [0.15, 0.2) is 6.10 Å². The van der Waals surface area contributed by atoms with Crippen molar-refractivity contribution in [3.8, 4) is 0 Å². The highest BCUT2D eigenvalue weighted by Crippen LogP contribution is 2.41. The molecule has 2 aromatic rings. The third-order valence-electron chi connectivity index (χ3n) is 14.5. The number of aromatic nitrogens is 1. The van der Waals surface area contributed by atoms with Crippen molar-refractivity contribution in [3.63, 3.8) is 0 Å². The number of esters is 1. The fraction of sp³-hybridized carbons (Fsp3) is 0.695. The number of hydrogen-bond acceptors (Lipinski definition) is 18. The molecular formula is C59H93N7O16S3. The summed E-state index contributed by atoms with van der Waals surface area (Å²) in [7, 11) is 3.18. The molecule has 6 N–H and O–H groups in total. The van der Waals surface area contributed by atoms with E-state index in [9.17, 15) is 48.3 Å². The maximum absolute atomic E-state index is 14.7. The van der Waals surface area contributed by atoms with E-state index < -0.39 is 76.4 Å². The summed E-state index contributed by atoms with van der Waals surface area (Å²) >= 11 is 4.03. The van der Waals surface area contributed by atoms with Crippen LogP contribution < -0.4 is 21.3 Å². The van der Waals surface area contributed by atoms with Crippen LogP contribution in [0.2, 0.25) is 0 Å². The minimum absolute atomic E-state index is 0.0355. The Morgan fingerprint density at radius 3 is 1.73 bits per heavy atom. The van der Waals surface area contributed by atoms with Crippen molar-refractivity contribution >= 4 is 88.2 Å². The predicted octanol–water partition coefficient (Wildman–Crippen LogP) is 5.24. The number of ether oxygens (including phenoxy) is 5. The first-order valence-corrected chi connectivity index (χ1v) is 32.0. The molecule has 1 aromatic heterocycles. The van der Waals surface area contributed by atoms with Crippen LogP contribution in [0.3, 0.4) is 0 Å². The highest BCUT2D eigenvalue weighted by Gasteiger charge is 2.43. The number of likely N-dealkylation sites (N-methyl/N-ethyl adjacent to an activating group) is 2. The van der Waals surface area contributed by atoms with Crippen molar-refractivity contribution in [1.29, 1.82) is 0 Å². The summed E-state index contributed by atoms with van der Waals surface area (Å²) in [6, 6.07) is 6.42. The number of rotatable bonds is 40. The number of thiazole rings is 1. The van der Waals surface area contributed by atoms with Gasteiger partial charge in [0.2, 0.25) is 29.5 Å². The lowest BCUT2D eigenvalue weighted by Crippen LogP contribution is -2.59. The Hall–Kier alpha value is -5.38. The Morgan fingerprint density at radius 2 is 1.24 bits per heavy atom. The lowest BCUT2D eigenvalue weighted by molar-refractivity contribution is -0.149. The average molecular weight is 1250 g/mol. The van der Waals surface area contributed by atoms with Crippen molar-refractivity contribution in [2.45, 2.75) is 159 Å². The van der Waals surface area contributed by atoms with Crippen LogP contribution in [-0.4, -0.2) is 204 Å². The lowest BCUT2D eigenvalue weighted by atomic mass is 9.92. The van der Waals surface area contributed by atoms with Gasteiger partial charge in [-0.05, 0) is 36.2 Å². The van der Waals surface area contributed by atoms with E-state index in [1.807, 2.05) is 85.7 Å². The molecule has 85 heavy (non-hydrogen) atoms. The molecule has 6 amide bonds. The monoisotopic (exact) mass is 1250 g/mol. The van der Waals surface area contributed by atoms with Gasteiger partial charge in [0.05, 0.1) is 71.6 Å². The minimum Gasteiger partial charge on any atom is -0.481 e. The van der Waals surface area contributed by atoms with Crippen molar-refractivity contribution in [2.24, 2.45) is 23.7 Å². The molecule has 26 heteroatoms. The van der Waals surface area contributed by atoms with E-state index in [4.69, 9.17) is 28.8 Å². The van der Waals surface area contributed by atoms with Crippen LogP contribution in [0.1, 0.15) is 129 Å². The molecule has 5 unspecified atom stereocenters. The largest absolute Gasteiger partial charge is 0.481 e. The second kappa shape index (κ2) is 38.7. The Kier molecular flexibility index (Phi) is 33.6. The first-order valence-electron chi connectivity index (χ1n) is 29.2. The number of aliphatic carboxylic acids is 2. The number of nitrogens with zero attached hydrogens (tertiary/aromatic N) is 3. The molecule has 0 bridgehead atoms. The fourth-order valence-corrected chi connectivity index (χ4v) is 13.3. The van der Waals surface area contributed by atoms with Crippen LogP contribution in [0.25, 0.3) is 0 Å². The highest BCUT2D eigenvalue weighted by molar-refractivity contribution is 8.08. The van der Waals surface area contributed by atoms with Crippen LogP contribution in [-0.2, 0) is 68.5 Å². The van der Waals surface area contributed by atoms with E-state index in [1.165, 1.54) is 35.3 Å². The van der Waals surface area contributed by atoms with Crippen molar-refractivity contribution in [2.75, 3.05) is 80.0 Å². The summed E-state index contributed by atoms with van der Waals surface area (Å²) in [4.78, 5) is 125. The zero-order valence-corrected chi connectivity index (χ0v) is 53.9. The lowest BCUT2D eigenvalue weighted by Gasteiger charge is -2.38. The minimum atomic E-state index is -0.989. The number of benzene rings is 1. The summed E-state index contributed by atoms with van der Waals surface area (Å²) in [5.74, 6) is -6.38. The topological polar surface area (TPSA) is 308 Å². The van der Waals surface area contributed by atoms with E-state index in [1.54, 1.807) is 31.3 Å². The van der Waals surface area contributed by atoms with Gasteiger partial charge in [0.1, 0.15) is 33.3 Å². The second-order valence-electron chi connectivity index (χ2n) is 22.0. The number of amides is 6. The zero-order chi connectivity index (χ0) is 63.3. The molecule has 1 aliphatic rings. The SMILES string of the molecule is CC[C@H](C)[C@H](NC(=O)[C@H](C(C)C)N(C)C(=O)CCOCCOCCNC(=O)C1SC(C)C(C)SC1C(=O)NCCOCCOCCC(=O)O)C(=O)N(C)[C@H](C[C@@H](OC(C)=O)c1nc(C(=O)N[C@@H](Cc2ccccc2)CC(C)C(=O)O)cs1)C(C)C. The van der Waals surface area contributed by atoms with Crippen molar-refractivity contribution < 1.29 is 77.0 Å². The Balaban J connectivity index is 1.54. The van der Waals surface area contributed by atoms with Crippen LogP contribution in [0.15, 0.2) is 35.7 Å². The third kappa shape index (κ3) is 25.9. The molecule has 0 aliphatic carbocycles. The van der Waals surface area contributed by atoms with Gasteiger partial charge < -0.3 is 65.0 Å². The van der Waals surface area contributed by atoms with E-state index in [0.29, 0.717) is 17.8 Å². The molecule has 0 spiro atoms. The normalized spacial score (nSPS) is 18.4. The first-order chi connectivity index (χ1) is 40.3. The molecule has 1 fully saturated rings. The fourth-order valence-electron chi connectivity index (χ4n) is 9.36. The van der Waals surface area contributed by atoms with E-state index >= 15 is 0 Å². The van der Waals surface area contributed by atoms with Crippen molar-refractivity contribution in [1.82, 2.24) is 36.1 Å². The first kappa shape index (κ1) is 73.9. The second-order valence-corrected chi connectivity index (χ2v) is 26.0. The molecule has 3 rings (SSSR count). The number of carboxylic acids is 2. The zero-order valence-electron chi connectivity index (χ0n) is 51.5. The molecule has 2 heterocycles. The van der Waals surface area contributed by atoms with E-state index in [-0.39, 0.29) is 149 Å². The molecule has 478 valence electrons. The average Bonchev–Trinajstić information content (AvgIpc) is 4.14. The van der Waals surface area contributed by atoms with Gasteiger partial charge >= 0.3 is 17.9 Å². The molecule has 0 radical (unpaired) electrons. The molecule has 0 saturated carbocycles. The molecule has 11 atom stereocenters. The standard InChI is InChI=1S/C59H93N7O16S3/c1-13-37(6)49(58(75)65(11)45(35(2)3)33-46(82-41(10)67)57-63-44(34-83-57)53(71)62-43(31-38(7)59(76)77)32-42-17-15-14-16-18-42)64-54(72)50(36(4)5)66(12)47(68)19-23-78-27-29-80-25-21-60-55(73)51-52(85-40(9)39(8)84-51)56(74)61-22-26-81-30-28-79-24-20-48(69)70/h14-18,34-40,43,45-46,49-52H,13,19-33H2,1-12H3,(H,60,73)(H,61,74)(H,62,71)(H,64,72)(H,69,70)(H,76,77)/t37-,38?,39?,40?,43+,45+,46+,49-,50-,51?,52?/m0/s1. The number of carboxylic acid groups (broad SMARTS) is 2. The number of carbonyl (C=O) groups is 9. The molecule has 23 nitrogen and oxygen atoms in total. The smallest absolute Gasteiger partial charge is 0.306 e. The quantitative estimate of drug-likeness (QED) is 0.0367. The number of thioether (sulfide) groups is 2. The van der Waals surface area contributed by atoms with Gasteiger partial charge in [-0.3, -0.25) is 43.2 Å². The van der Waals surface area contributed by atoms with Gasteiger partial charge in [-0.25, -0.2) is 4.98 Å². The van der Waals surface area contributed by atoms with Gasteiger partial charge in [0, 0.05) is 68.5 Å². The van der Waals surface area contributed by atoms with Crippen LogP contribution >= 0.6 is 34.9 Å². The number of nitrogens with one attached hydrogen (secondary N) is 4. The summed E-state index contributed by atoms with van der Waals surface area (Å²) in [6.07, 6.45) is 0.143. The van der Waals surface area contributed by atoms with Crippen LogP contribution in [0.4, 0.5) is 0 Å². The predicted molar refractivity (Wildman–Crippen MR) is 326 cm³/mol. The molecule has 1 aliphatic heterocycles. The molecule has 1 aromatic carbocycles. The number of carbonyl (C=O) groups excluding carboxylic acids is 7. The Bertz CT molecular complexity index is 2440. The Labute approximate surface area is 513 Å². The van der Waals surface area contributed by atoms with E-state index in [0.717, 1.165) is 16.9 Å². The summed E-state index contributed by atoms with van der Waals surface area (Å²) in [6.45, 7) is 20.0. The van der Waals surface area contributed by atoms with Gasteiger partial charge in [0.25, 0.3) is 5.91 Å². The Morgan fingerprint density at radius 1 is 0.694 bits per heavy atom. The summed E-state index contributed by atoms with van der Waals surface area (Å²) in [5.41, 5.74) is 0.989. The van der Waals surface area contributed by atoms with Gasteiger partial charge in [-0.1, -0.05) is 99.1 Å². The van der Waals surface area contributed by atoms with Crippen LogP contribution in [0, 0.1) is 23.7 Å². The number of hydrogen-bond donors (Lipinski definition) is 6. The molecular weight excluding hydrogens is 1160 g/mol. The van der Waals surface area contributed by atoms with Gasteiger partial charge in [-0.15, -0.1) is 34.9 Å². The molecule has 1 saturated heterocycles. The maximum Gasteiger partial charge on any atom is 0.306 e. The maximum atomic E-state index is 14.7.